The van der Waals surface area contributed by atoms with E-state index in [0.717, 1.165) is 16.7 Å². The predicted molar refractivity (Wildman–Crippen MR) is 179 cm³/mol. The van der Waals surface area contributed by atoms with Crippen LogP contribution in [0.5, 0.6) is 0 Å². The third kappa shape index (κ3) is 11.0. The second-order valence-corrected chi connectivity index (χ2v) is 11.7. The second kappa shape index (κ2) is 19.3. The van der Waals surface area contributed by atoms with Gasteiger partial charge in [-0.1, -0.05) is 97.1 Å². The summed E-state index contributed by atoms with van der Waals surface area (Å²) in [4.78, 5) is 13.4. The molecule has 0 aliphatic rings. The third-order valence-corrected chi connectivity index (χ3v) is 7.13. The van der Waals surface area contributed by atoms with Crippen molar-refractivity contribution in [2.24, 2.45) is 0 Å². The Kier molecular flexibility index (Phi) is 15.5. The molecule has 0 unspecified atom stereocenters. The maximum Gasteiger partial charge on any atom is 0.408 e. The molecule has 0 spiro atoms. The van der Waals surface area contributed by atoms with Crippen molar-refractivity contribution >= 4 is 6.09 Å². The number of ether oxygens (including phenoxy) is 8. The summed E-state index contributed by atoms with van der Waals surface area (Å²) in [5.74, 6) is 0. The van der Waals surface area contributed by atoms with Crippen molar-refractivity contribution in [1.29, 1.82) is 0 Å². The number of carbonyl (C=O) groups is 1. The maximum absolute atomic E-state index is 13.4. The minimum atomic E-state index is -1.09. The van der Waals surface area contributed by atoms with Crippen LogP contribution in [0.3, 0.4) is 0 Å². The van der Waals surface area contributed by atoms with E-state index < -0.39 is 41.6 Å². The van der Waals surface area contributed by atoms with E-state index in [4.69, 9.17) is 37.9 Å². The summed E-state index contributed by atoms with van der Waals surface area (Å²) in [5.41, 5.74) is 0.820. The number of benzene rings is 3. The zero-order chi connectivity index (χ0) is 34.1. The Morgan fingerprint density at radius 3 is 1.53 bits per heavy atom. The molecule has 3 aromatic rings. The highest BCUT2D eigenvalue weighted by molar-refractivity contribution is 5.68. The molecule has 0 radical (unpaired) electrons. The van der Waals surface area contributed by atoms with Gasteiger partial charge in [-0.05, 0) is 37.5 Å². The van der Waals surface area contributed by atoms with Gasteiger partial charge < -0.3 is 43.2 Å². The summed E-state index contributed by atoms with van der Waals surface area (Å²) in [6.07, 6.45) is -1.61. The van der Waals surface area contributed by atoms with Crippen LogP contribution in [0.15, 0.2) is 104 Å². The average molecular weight is 652 g/mol. The topological polar surface area (TPSA) is 103 Å². The Bertz CT molecular complexity index is 1210. The lowest BCUT2D eigenvalue weighted by atomic mass is 9.80. The number of alkyl carbamates (subject to hydrolysis) is 1. The highest BCUT2D eigenvalue weighted by Crippen LogP contribution is 2.40. The summed E-state index contributed by atoms with van der Waals surface area (Å²) >= 11 is 0. The minimum absolute atomic E-state index is 0.0413. The van der Waals surface area contributed by atoms with Crippen molar-refractivity contribution in [3.8, 4) is 0 Å². The fraction of sp³-hybridized carbons (Fsp3) is 0.432. The zero-order valence-electron chi connectivity index (χ0n) is 28.3. The molecular formula is C37H49NO9. The Balaban J connectivity index is 2.19. The van der Waals surface area contributed by atoms with E-state index in [9.17, 15) is 4.79 Å². The number of amides is 1. The highest BCUT2D eigenvalue weighted by atomic mass is 16.7. The molecular weight excluding hydrogens is 602 g/mol. The molecule has 256 valence electrons. The first-order chi connectivity index (χ1) is 22.7. The Labute approximate surface area is 278 Å². The van der Waals surface area contributed by atoms with Crippen LogP contribution in [0.25, 0.3) is 0 Å². The van der Waals surface area contributed by atoms with Crippen LogP contribution in [-0.4, -0.2) is 84.4 Å². The largest absolute Gasteiger partial charge is 0.444 e. The predicted octanol–water partition coefficient (Wildman–Crippen LogP) is 6.04. The first-order valence-electron chi connectivity index (χ1n) is 15.4. The highest BCUT2D eigenvalue weighted by Gasteiger charge is 2.43. The first kappa shape index (κ1) is 37.8. The van der Waals surface area contributed by atoms with Crippen molar-refractivity contribution in [2.45, 2.75) is 56.3 Å². The molecule has 0 saturated carbocycles. The Morgan fingerprint density at radius 2 is 1.13 bits per heavy atom. The third-order valence-electron chi connectivity index (χ3n) is 7.13. The van der Waals surface area contributed by atoms with Crippen LogP contribution >= 0.6 is 0 Å². The van der Waals surface area contributed by atoms with Crippen LogP contribution < -0.4 is 5.32 Å². The van der Waals surface area contributed by atoms with Gasteiger partial charge in [0.25, 0.3) is 0 Å². The summed E-state index contributed by atoms with van der Waals surface area (Å²) in [7, 11) is 4.53. The smallest absolute Gasteiger partial charge is 0.408 e. The van der Waals surface area contributed by atoms with Crippen LogP contribution in [0.2, 0.25) is 0 Å². The van der Waals surface area contributed by atoms with Crippen molar-refractivity contribution in [1.82, 2.24) is 5.32 Å². The summed E-state index contributed by atoms with van der Waals surface area (Å²) in [5, 5.41) is 2.99. The van der Waals surface area contributed by atoms with Crippen molar-refractivity contribution in [3.05, 3.63) is 120 Å². The van der Waals surface area contributed by atoms with Gasteiger partial charge in [0.1, 0.15) is 49.9 Å². The lowest BCUT2D eigenvalue weighted by Crippen LogP contribution is -2.57. The number of rotatable bonds is 20. The zero-order valence-corrected chi connectivity index (χ0v) is 28.3. The molecule has 3 aromatic carbocycles. The van der Waals surface area contributed by atoms with E-state index >= 15 is 0 Å². The van der Waals surface area contributed by atoms with Gasteiger partial charge in [-0.3, -0.25) is 0 Å². The summed E-state index contributed by atoms with van der Waals surface area (Å²) in [6, 6.07) is 28.9. The maximum atomic E-state index is 13.4. The number of nitrogens with one attached hydrogen (secondary N) is 1. The lowest BCUT2D eigenvalue weighted by molar-refractivity contribution is -0.207. The molecule has 0 bridgehead atoms. The van der Waals surface area contributed by atoms with Gasteiger partial charge >= 0.3 is 6.09 Å². The molecule has 1 N–H and O–H groups in total. The molecule has 0 aromatic heterocycles. The molecule has 10 nitrogen and oxygen atoms in total. The lowest BCUT2D eigenvalue weighted by Gasteiger charge is -2.40. The molecule has 3 rings (SSSR count). The monoisotopic (exact) mass is 651 g/mol. The molecule has 10 heteroatoms. The SMILES string of the molecule is C=C[C@H](OCOC)[C@@H](OCOC)[C@H](OCOC)[C@@H](COC(c1ccccc1)(c1ccccc1)c1ccccc1)NC(=O)OC(C)(C)C. The molecule has 0 fully saturated rings. The molecule has 0 aliphatic carbocycles. The van der Waals surface area contributed by atoms with Crippen molar-refractivity contribution in [3.63, 3.8) is 0 Å². The number of carbonyl (C=O) groups excluding carboxylic acids is 1. The van der Waals surface area contributed by atoms with Crippen LogP contribution in [0, 0.1) is 0 Å². The van der Waals surface area contributed by atoms with Gasteiger partial charge in [-0.25, -0.2) is 4.79 Å². The van der Waals surface area contributed by atoms with E-state index in [1.54, 1.807) is 26.8 Å². The molecule has 0 heterocycles. The quantitative estimate of drug-likeness (QED) is 0.0890. The fourth-order valence-corrected chi connectivity index (χ4v) is 5.21. The van der Waals surface area contributed by atoms with Crippen LogP contribution in [0.1, 0.15) is 37.5 Å². The van der Waals surface area contributed by atoms with Crippen molar-refractivity contribution < 1.29 is 42.7 Å². The molecule has 0 aliphatic heterocycles. The van der Waals surface area contributed by atoms with Gasteiger partial charge in [0.15, 0.2) is 0 Å². The number of hydrogen-bond donors (Lipinski definition) is 1. The first-order valence-corrected chi connectivity index (χ1v) is 15.4. The molecule has 1 amide bonds. The normalized spacial score (nSPS) is 14.5. The Hall–Kier alpha value is -3.61. The average Bonchev–Trinajstić information content (AvgIpc) is 3.07. The molecule has 4 atom stereocenters. The van der Waals surface area contributed by atoms with Crippen LogP contribution in [0.4, 0.5) is 4.79 Å². The second-order valence-electron chi connectivity index (χ2n) is 11.7. The molecule has 47 heavy (non-hydrogen) atoms. The van der Waals surface area contributed by atoms with Gasteiger partial charge in [0, 0.05) is 21.3 Å². The minimum Gasteiger partial charge on any atom is -0.444 e. The Morgan fingerprint density at radius 1 is 0.702 bits per heavy atom. The number of hydrogen-bond acceptors (Lipinski definition) is 9. The van der Waals surface area contributed by atoms with E-state index in [1.165, 1.54) is 21.3 Å². The molecule has 0 saturated heterocycles. The standard InChI is InChI=1S/C37H49NO9/c1-8-32(43-25-40-5)34(45-27-42-7)33(44-26-41-6)31(38-35(39)47-36(2,3)4)24-46-37(28-18-12-9-13-19-28,29-20-14-10-15-21-29)30-22-16-11-17-23-30/h8-23,31-34H,1,24-27H2,2-7H3,(H,38,39)/t31-,32+,33-,34-/m1/s1. The van der Waals surface area contributed by atoms with Gasteiger partial charge in [0.2, 0.25) is 0 Å². The van der Waals surface area contributed by atoms with E-state index in [1.807, 2.05) is 91.0 Å². The van der Waals surface area contributed by atoms with Gasteiger partial charge in [0.05, 0.1) is 12.6 Å². The van der Waals surface area contributed by atoms with E-state index in [2.05, 4.69) is 11.9 Å². The van der Waals surface area contributed by atoms with Crippen LogP contribution in [-0.2, 0) is 43.5 Å². The number of methoxy groups -OCH3 is 3. The summed E-state index contributed by atoms with van der Waals surface area (Å²) in [6.45, 7) is 8.99. The van der Waals surface area contributed by atoms with Gasteiger partial charge in [-0.2, -0.15) is 0 Å². The fourth-order valence-electron chi connectivity index (χ4n) is 5.21. The van der Waals surface area contributed by atoms with E-state index in [-0.39, 0.29) is 27.0 Å². The van der Waals surface area contributed by atoms with E-state index in [0.29, 0.717) is 0 Å². The van der Waals surface area contributed by atoms with Gasteiger partial charge in [-0.15, -0.1) is 6.58 Å². The summed E-state index contributed by atoms with van der Waals surface area (Å²) < 4.78 is 46.9. The van der Waals surface area contributed by atoms with Crippen molar-refractivity contribution in [2.75, 3.05) is 48.3 Å².